The van der Waals surface area contributed by atoms with Crippen molar-refractivity contribution in [3.05, 3.63) is 0 Å². The summed E-state index contributed by atoms with van der Waals surface area (Å²) in [5, 5.41) is -0.00153. The van der Waals surface area contributed by atoms with E-state index in [4.69, 9.17) is 0 Å². The molecule has 1 unspecified atom stereocenters. The van der Waals surface area contributed by atoms with Gasteiger partial charge in [-0.2, -0.15) is 4.99 Å². The normalized spacial score (nSPS) is 25.8. The van der Waals surface area contributed by atoms with Gasteiger partial charge < -0.3 is 0 Å². The maximum atomic E-state index is 10.7. The van der Waals surface area contributed by atoms with Crippen molar-refractivity contribution in [3.8, 4) is 0 Å². The molecule has 0 aromatic rings. The number of thioether (sulfide) groups is 1. The van der Waals surface area contributed by atoms with E-state index in [1.54, 1.807) is 0 Å². The van der Waals surface area contributed by atoms with Gasteiger partial charge in [0, 0.05) is 5.75 Å². The second-order valence-corrected chi connectivity index (χ2v) is 2.79. The highest BCUT2D eigenvalue weighted by atomic mass is 32.2. The Bertz CT molecular complexity index is 174. The van der Waals surface area contributed by atoms with E-state index in [0.717, 1.165) is 5.75 Å². The zero-order valence-electron chi connectivity index (χ0n) is 4.66. The smallest absolute Gasteiger partial charge is 0.235 e. The summed E-state index contributed by atoms with van der Waals surface area (Å²) >= 11 is 1.23. The van der Waals surface area contributed by atoms with Gasteiger partial charge in [0.05, 0.1) is 0 Å². The van der Waals surface area contributed by atoms with Crippen LogP contribution in [0.3, 0.4) is 0 Å². The van der Waals surface area contributed by atoms with Crippen LogP contribution in [-0.4, -0.2) is 23.0 Å². The van der Waals surface area contributed by atoms with Crippen LogP contribution in [0.15, 0.2) is 4.99 Å². The zero-order valence-corrected chi connectivity index (χ0v) is 5.48. The summed E-state index contributed by atoms with van der Waals surface area (Å²) in [5.74, 6) is 0.786. The van der Waals surface area contributed by atoms with Crippen LogP contribution in [0.1, 0.15) is 6.42 Å². The molecule has 0 N–H and O–H groups in total. The van der Waals surface area contributed by atoms with Gasteiger partial charge in [0.1, 0.15) is 6.04 Å². The number of isocyanates is 1. The van der Waals surface area contributed by atoms with Gasteiger partial charge in [0.15, 0.2) is 0 Å². The Balaban J connectivity index is 2.59. The van der Waals surface area contributed by atoms with E-state index in [9.17, 15) is 9.59 Å². The van der Waals surface area contributed by atoms with Crippen LogP contribution in [0.4, 0.5) is 0 Å². The third-order valence-corrected chi connectivity index (χ3v) is 2.11. The maximum absolute atomic E-state index is 10.7. The Kier molecular flexibility index (Phi) is 2.03. The average molecular weight is 143 g/mol. The van der Waals surface area contributed by atoms with E-state index in [1.165, 1.54) is 17.8 Å². The van der Waals surface area contributed by atoms with Gasteiger partial charge in [0.2, 0.25) is 11.2 Å². The highest BCUT2D eigenvalue weighted by Gasteiger charge is 2.24. The fourth-order valence-electron chi connectivity index (χ4n) is 0.666. The van der Waals surface area contributed by atoms with Gasteiger partial charge in [-0.05, 0) is 6.42 Å². The predicted octanol–water partition coefficient (Wildman–Crippen LogP) is 0.354. The van der Waals surface area contributed by atoms with Gasteiger partial charge in [-0.25, -0.2) is 4.79 Å². The molecular formula is C5H5NO2S. The first-order chi connectivity index (χ1) is 4.34. The summed E-state index contributed by atoms with van der Waals surface area (Å²) in [6, 6.07) is -0.396. The Hall–Kier alpha value is -0.600. The van der Waals surface area contributed by atoms with Crippen molar-refractivity contribution in [2.24, 2.45) is 4.99 Å². The molecule has 0 aromatic heterocycles. The van der Waals surface area contributed by atoms with Crippen LogP contribution in [0.25, 0.3) is 0 Å². The molecule has 3 nitrogen and oxygen atoms in total. The number of carbonyl (C=O) groups excluding carboxylic acids is 2. The lowest BCUT2D eigenvalue weighted by molar-refractivity contribution is -0.111. The fourth-order valence-corrected chi connectivity index (χ4v) is 1.57. The van der Waals surface area contributed by atoms with Crippen LogP contribution in [0, 0.1) is 0 Å². The van der Waals surface area contributed by atoms with Crippen molar-refractivity contribution in [2.75, 3.05) is 5.75 Å². The van der Waals surface area contributed by atoms with Crippen molar-refractivity contribution >= 4 is 23.0 Å². The van der Waals surface area contributed by atoms with Crippen molar-refractivity contribution < 1.29 is 9.59 Å². The first kappa shape index (κ1) is 6.52. The van der Waals surface area contributed by atoms with Crippen LogP contribution < -0.4 is 0 Å². The Morgan fingerprint density at radius 1 is 1.78 bits per heavy atom. The predicted molar refractivity (Wildman–Crippen MR) is 34.0 cm³/mol. The number of carbonyl (C=O) groups is 1. The van der Waals surface area contributed by atoms with Crippen LogP contribution in [-0.2, 0) is 9.59 Å². The summed E-state index contributed by atoms with van der Waals surface area (Å²) in [6.07, 6.45) is 2.07. The maximum Gasteiger partial charge on any atom is 0.235 e. The molecular weight excluding hydrogens is 138 g/mol. The lowest BCUT2D eigenvalue weighted by Gasteiger charge is -1.90. The molecule has 0 amide bonds. The summed E-state index contributed by atoms with van der Waals surface area (Å²) in [5.41, 5.74) is 0. The van der Waals surface area contributed by atoms with E-state index < -0.39 is 6.04 Å². The van der Waals surface area contributed by atoms with Crippen molar-refractivity contribution in [1.29, 1.82) is 0 Å². The molecule has 1 fully saturated rings. The third kappa shape index (κ3) is 1.40. The standard InChI is InChI=1S/C5H5NO2S/c7-3-6-4-1-2-9-5(4)8/h4H,1-2H2. The van der Waals surface area contributed by atoms with Gasteiger partial charge in [-0.1, -0.05) is 11.8 Å². The number of nitrogens with zero attached hydrogens (tertiary/aromatic N) is 1. The molecule has 0 bridgehead atoms. The van der Waals surface area contributed by atoms with Gasteiger partial charge >= 0.3 is 0 Å². The largest absolute Gasteiger partial charge is 0.285 e. The minimum atomic E-state index is -0.396. The summed E-state index contributed by atoms with van der Waals surface area (Å²) in [7, 11) is 0. The Morgan fingerprint density at radius 2 is 2.56 bits per heavy atom. The molecule has 1 saturated heterocycles. The van der Waals surface area contributed by atoms with E-state index >= 15 is 0 Å². The van der Waals surface area contributed by atoms with Gasteiger partial charge in [-0.3, -0.25) is 4.79 Å². The average Bonchev–Trinajstić information content (AvgIpc) is 2.18. The summed E-state index contributed by atoms with van der Waals surface area (Å²) in [6.45, 7) is 0. The quantitative estimate of drug-likeness (QED) is 0.393. The highest BCUT2D eigenvalue weighted by Crippen LogP contribution is 2.21. The number of rotatable bonds is 1. The van der Waals surface area contributed by atoms with Crippen LogP contribution in [0.5, 0.6) is 0 Å². The van der Waals surface area contributed by atoms with Gasteiger partial charge in [-0.15, -0.1) is 0 Å². The fraction of sp³-hybridized carbons (Fsp3) is 0.600. The molecule has 0 spiro atoms. The second kappa shape index (κ2) is 2.80. The first-order valence-electron chi connectivity index (χ1n) is 2.58. The van der Waals surface area contributed by atoms with Crippen LogP contribution >= 0.6 is 11.8 Å². The van der Waals surface area contributed by atoms with E-state index in [2.05, 4.69) is 4.99 Å². The van der Waals surface area contributed by atoms with E-state index in [1.807, 2.05) is 0 Å². The number of hydrogen-bond acceptors (Lipinski definition) is 4. The lowest BCUT2D eigenvalue weighted by atomic mass is 10.3. The first-order valence-corrected chi connectivity index (χ1v) is 3.57. The van der Waals surface area contributed by atoms with E-state index in [0.29, 0.717) is 6.42 Å². The zero-order chi connectivity index (χ0) is 6.69. The lowest BCUT2D eigenvalue weighted by Crippen LogP contribution is -2.06. The van der Waals surface area contributed by atoms with Crippen molar-refractivity contribution in [2.45, 2.75) is 12.5 Å². The molecule has 9 heavy (non-hydrogen) atoms. The summed E-state index contributed by atoms with van der Waals surface area (Å²) in [4.78, 5) is 23.6. The van der Waals surface area contributed by atoms with Crippen molar-refractivity contribution in [3.63, 3.8) is 0 Å². The van der Waals surface area contributed by atoms with E-state index in [-0.39, 0.29) is 5.12 Å². The molecule has 1 aliphatic heterocycles. The van der Waals surface area contributed by atoms with Crippen LogP contribution in [0.2, 0.25) is 0 Å². The van der Waals surface area contributed by atoms with Gasteiger partial charge in [0.25, 0.3) is 0 Å². The Morgan fingerprint density at radius 3 is 3.00 bits per heavy atom. The molecule has 0 aliphatic carbocycles. The molecule has 0 aromatic carbocycles. The Labute approximate surface area is 56.5 Å². The molecule has 1 atom stereocenters. The molecule has 4 heteroatoms. The highest BCUT2D eigenvalue weighted by molar-refractivity contribution is 8.14. The molecule has 1 rings (SSSR count). The molecule has 1 aliphatic rings. The SMILES string of the molecule is O=C=NC1CCSC1=O. The second-order valence-electron chi connectivity index (χ2n) is 1.69. The monoisotopic (exact) mass is 143 g/mol. The minimum Gasteiger partial charge on any atom is -0.285 e. The minimum absolute atomic E-state index is 0.00153. The third-order valence-electron chi connectivity index (χ3n) is 1.12. The summed E-state index contributed by atoms with van der Waals surface area (Å²) < 4.78 is 0. The molecule has 0 radical (unpaired) electrons. The molecule has 1 heterocycles. The number of hydrogen-bond donors (Lipinski definition) is 0. The number of aliphatic imine (C=N–C) groups is 1. The molecule has 48 valence electrons. The topological polar surface area (TPSA) is 46.5 Å². The van der Waals surface area contributed by atoms with Crippen molar-refractivity contribution in [1.82, 2.24) is 0 Å². The molecule has 0 saturated carbocycles.